The lowest BCUT2D eigenvalue weighted by Gasteiger charge is -2.23. The van der Waals surface area contributed by atoms with Crippen LogP contribution in [0.2, 0.25) is 0 Å². The topological polar surface area (TPSA) is 0 Å². The van der Waals surface area contributed by atoms with Gasteiger partial charge in [-0.05, 0) is 164 Å². The fraction of sp³-hybridized carbons (Fsp3) is 0.530. The van der Waals surface area contributed by atoms with Crippen LogP contribution in [0.15, 0.2) is 267 Å². The van der Waals surface area contributed by atoms with Crippen LogP contribution in [0.3, 0.4) is 0 Å². The lowest BCUT2D eigenvalue weighted by molar-refractivity contribution is 0.469. The largest absolute Gasteiger partial charge is 0.0683 e. The molecule has 0 aliphatic carbocycles. The summed E-state index contributed by atoms with van der Waals surface area (Å²) in [7, 11) is 0. The molecule has 0 saturated carbocycles. The highest BCUT2D eigenvalue weighted by molar-refractivity contribution is 5.86. The van der Waals surface area contributed by atoms with Gasteiger partial charge in [0.25, 0.3) is 0 Å². The van der Waals surface area contributed by atoms with Crippen molar-refractivity contribution in [1.82, 2.24) is 0 Å². The fourth-order valence-corrected chi connectivity index (χ4v) is 11.1. The lowest BCUT2D eigenvalue weighted by atomic mass is 9.82. The first-order valence-corrected chi connectivity index (χ1v) is 51.3. The van der Waals surface area contributed by atoms with Crippen LogP contribution in [0, 0.1) is 21.7 Å². The number of fused-ring (bicyclic) bond motifs is 2. The summed E-state index contributed by atoms with van der Waals surface area (Å²) in [6.07, 6.45) is 0. The van der Waals surface area contributed by atoms with E-state index in [0.717, 1.165) is 0 Å². The molecular weight excluding hydrogens is 1590 g/mol. The molecule has 0 fully saturated rings. The maximum Gasteiger partial charge on any atom is -0.0126 e. The lowest BCUT2D eigenvalue weighted by Crippen LogP contribution is -2.12. The van der Waals surface area contributed by atoms with E-state index >= 15 is 0 Å². The van der Waals surface area contributed by atoms with Crippen LogP contribution >= 0.6 is 0 Å². The predicted octanol–water partition coefficient (Wildman–Crippen LogP) is 45.3. The van der Waals surface area contributed by atoms with Gasteiger partial charge < -0.3 is 0 Å². The molecule has 0 amide bonds. The van der Waals surface area contributed by atoms with Crippen molar-refractivity contribution in [3.63, 3.8) is 0 Å². The van der Waals surface area contributed by atoms with Gasteiger partial charge in [0.2, 0.25) is 0 Å². The summed E-state index contributed by atoms with van der Waals surface area (Å²) in [4.78, 5) is 0. The van der Waals surface area contributed by atoms with Crippen LogP contribution in [0.25, 0.3) is 54.9 Å². The van der Waals surface area contributed by atoms with Gasteiger partial charge in [0.1, 0.15) is 0 Å². The molecule has 0 radical (unpaired) electrons. The average molecular weight is 1810 g/mol. The maximum absolute atomic E-state index is 2.32. The number of hydrogen-bond donors (Lipinski definition) is 0. The quantitative estimate of drug-likeness (QED) is 0.165. The van der Waals surface area contributed by atoms with Crippen molar-refractivity contribution < 1.29 is 0 Å². The van der Waals surface area contributed by atoms with E-state index in [9.17, 15) is 0 Å². The summed E-state index contributed by atoms with van der Waals surface area (Å²) in [6, 6.07) is 95.8. The summed E-state index contributed by atoms with van der Waals surface area (Å²) in [6.45, 7) is 125. The Morgan fingerprint density at radius 3 is 0.652 bits per heavy atom. The molecule has 0 N–H and O–H groups in total. The van der Waals surface area contributed by atoms with Crippen LogP contribution in [0.1, 0.15) is 446 Å². The molecule has 0 heteroatoms. The van der Waals surface area contributed by atoms with Gasteiger partial charge in [-0.15, -0.1) is 0 Å². The van der Waals surface area contributed by atoms with Crippen LogP contribution in [0.5, 0.6) is 0 Å². The van der Waals surface area contributed by atoms with Crippen molar-refractivity contribution >= 4 is 21.5 Å². The normalized spacial score (nSPS) is 10.8. The zero-order valence-electron chi connectivity index (χ0n) is 98.4. The molecule has 0 bridgehead atoms. The van der Waals surface area contributed by atoms with Crippen molar-refractivity contribution in [2.75, 3.05) is 0 Å². The van der Waals surface area contributed by atoms with Crippen LogP contribution in [-0.2, 0) is 43.3 Å². The smallest absolute Gasteiger partial charge is 0.0126 e. The second kappa shape index (κ2) is 69.7. The zero-order valence-corrected chi connectivity index (χ0v) is 98.4. The molecule has 0 atom stereocenters. The fourth-order valence-electron chi connectivity index (χ4n) is 11.1. The van der Waals surface area contributed by atoms with Gasteiger partial charge >= 0.3 is 0 Å². The van der Waals surface area contributed by atoms with E-state index in [0.29, 0.717) is 27.1 Å². The van der Waals surface area contributed by atoms with E-state index in [4.69, 9.17) is 0 Å². The van der Waals surface area contributed by atoms with Gasteiger partial charge in [-0.2, -0.15) is 0 Å². The Morgan fingerprint density at radius 1 is 0.129 bits per heavy atom. The summed E-state index contributed by atoms with van der Waals surface area (Å²) in [5, 5.41) is 5.36. The Kier molecular flexibility index (Phi) is 73.6. The molecule has 11 aromatic rings. The van der Waals surface area contributed by atoms with Crippen molar-refractivity contribution in [2.45, 2.75) is 445 Å². The number of rotatable bonds is 3. The predicted molar refractivity (Wildman–Crippen MR) is 622 cm³/mol. The Hall–Kier alpha value is -8.06. The van der Waals surface area contributed by atoms with Crippen LogP contribution < -0.4 is 0 Å². The highest BCUT2D eigenvalue weighted by Gasteiger charge is 2.22. The average Bonchev–Trinajstić information content (AvgIpc) is 0.794. The van der Waals surface area contributed by atoms with Crippen molar-refractivity contribution in [3.8, 4) is 33.4 Å². The summed E-state index contributed by atoms with van der Waals surface area (Å²) < 4.78 is 0. The Balaban J connectivity index is -0.000000218. The Labute approximate surface area is 827 Å². The minimum Gasteiger partial charge on any atom is -0.0683 e. The highest BCUT2D eigenvalue weighted by Crippen LogP contribution is 2.36. The third-order valence-electron chi connectivity index (χ3n) is 17.3. The number of hydrogen-bond acceptors (Lipinski definition) is 0. The molecule has 11 aromatic carbocycles. The molecule has 132 heavy (non-hydrogen) atoms. The van der Waals surface area contributed by atoms with E-state index < -0.39 is 0 Å². The summed E-state index contributed by atoms with van der Waals surface area (Å²) in [5.41, 5.74) is 22.8. The van der Waals surface area contributed by atoms with Gasteiger partial charge in [-0.1, -0.05) is 668 Å². The zero-order chi connectivity index (χ0) is 106. The van der Waals surface area contributed by atoms with Gasteiger partial charge in [0, 0.05) is 0 Å². The molecular formula is C132H218. The molecule has 0 nitrogen and oxygen atoms in total. The molecule has 0 saturated heterocycles. The minimum absolute atomic E-state index is 0.187. The van der Waals surface area contributed by atoms with E-state index in [1.165, 1.54) is 99.4 Å². The van der Waals surface area contributed by atoms with Crippen molar-refractivity contribution in [1.29, 1.82) is 0 Å². The van der Waals surface area contributed by atoms with E-state index in [1.54, 1.807) is 0 Å². The molecule has 0 aliphatic rings. The van der Waals surface area contributed by atoms with E-state index in [-0.39, 0.29) is 37.9 Å². The molecule has 0 spiro atoms. The van der Waals surface area contributed by atoms with Gasteiger partial charge in [0.05, 0.1) is 0 Å². The SMILES string of the molecule is CC.CC.CC.CC.CC.CC.CC.CC.CC.CC(C)(C)C.CC(C)(C)C.CC(C)(C)C.CC(C)(C)C.CC(C)(C)c1ccc(-c2cccc(C(C)(C)C)c2)cc1.CC(C)(C)c1ccc2ccccc2c1.CC(C)(C)c1cccc(-c2cccc(C(C)(C)C)c2)c1.CC(C)(C)c1cccc2ccccc12.CC(C)(C)c1ccccc1.CC(C)(C)c1ccccc1-c1ccccc1. The van der Waals surface area contributed by atoms with Crippen molar-refractivity contribution in [3.05, 3.63) is 311 Å². The molecule has 11 rings (SSSR count). The molecule has 0 aliphatic heterocycles. The molecule has 746 valence electrons. The van der Waals surface area contributed by atoms with Crippen LogP contribution in [0.4, 0.5) is 0 Å². The first-order chi connectivity index (χ1) is 60.7. The monoisotopic (exact) mass is 1800 g/mol. The Morgan fingerprint density at radius 2 is 0.341 bits per heavy atom. The second-order valence-electron chi connectivity index (χ2n) is 45.7. The molecule has 0 aromatic heterocycles. The van der Waals surface area contributed by atoms with Gasteiger partial charge in [-0.3, -0.25) is 0 Å². The first-order valence-electron chi connectivity index (χ1n) is 51.3. The second-order valence-corrected chi connectivity index (χ2v) is 45.7. The highest BCUT2D eigenvalue weighted by atomic mass is 14.3. The maximum atomic E-state index is 2.32. The Bertz CT molecular complexity index is 4380. The number of benzene rings is 11. The standard InChI is InChI=1S/2C20H26.C16H18.2C14H16.C10H14.4C5H12.9C2H6/c1-19(2,3)17-11-7-9-15(13-17)16-10-8-12-18(14-16)20(4,5)6;1-19(2,3)17-12-10-15(11-13-17)16-8-7-9-18(14-16)20(4,5)6;1-16(2,3)15-12-8-7-11-14(15)13-9-5-4-6-10-13;1-14(2,3)13-10-6-8-11-7-4-5-9-12(11)13;1-14(2,3)13-9-8-11-6-4-5-7-12(11)10-13;1-10(2,3)9-7-5-4-6-8-9;4*1-5(2,3)4;9*1-2/h2*7-14H,1-6H3;4-12H,1-3H3;2*4-10H,1-3H3;4-8H,1-3H3;4*1-4H3;9*1-2H3. The van der Waals surface area contributed by atoms with Gasteiger partial charge in [0.15, 0.2) is 0 Å². The van der Waals surface area contributed by atoms with E-state index in [2.05, 4.69) is 544 Å². The third kappa shape index (κ3) is 69.7. The first kappa shape index (κ1) is 139. The minimum atomic E-state index is 0.187. The summed E-state index contributed by atoms with van der Waals surface area (Å²) in [5.74, 6) is 0. The molecule has 0 heterocycles. The summed E-state index contributed by atoms with van der Waals surface area (Å²) >= 11 is 0. The van der Waals surface area contributed by atoms with E-state index in [1.807, 2.05) is 125 Å². The third-order valence-corrected chi connectivity index (χ3v) is 17.3. The van der Waals surface area contributed by atoms with Crippen LogP contribution in [-0.4, -0.2) is 0 Å². The van der Waals surface area contributed by atoms with Gasteiger partial charge in [-0.25, -0.2) is 0 Å². The molecule has 0 unspecified atom stereocenters. The van der Waals surface area contributed by atoms with Crippen molar-refractivity contribution in [2.24, 2.45) is 21.7 Å².